The standard InChI is InChI=1S/C7H6IN3/c1-4-2-3-9-6-5(4)10-7(8)11-6/h2-3H,1H3,(H,9,10,11). The molecule has 2 aromatic rings. The number of rotatable bonds is 0. The fourth-order valence-corrected chi connectivity index (χ4v) is 1.50. The van der Waals surface area contributed by atoms with Crippen LogP contribution in [0.1, 0.15) is 5.56 Å². The van der Waals surface area contributed by atoms with E-state index in [1.54, 1.807) is 6.20 Å². The Morgan fingerprint density at radius 3 is 3.09 bits per heavy atom. The molecule has 1 N–H and O–H groups in total. The molecule has 11 heavy (non-hydrogen) atoms. The number of pyridine rings is 1. The van der Waals surface area contributed by atoms with E-state index in [1.165, 1.54) is 0 Å². The second-order valence-electron chi connectivity index (χ2n) is 2.35. The molecule has 56 valence electrons. The Hall–Kier alpha value is -0.650. The molecule has 2 heterocycles. The van der Waals surface area contributed by atoms with Crippen LogP contribution >= 0.6 is 22.6 Å². The lowest BCUT2D eigenvalue weighted by Gasteiger charge is -1.89. The lowest BCUT2D eigenvalue weighted by Crippen LogP contribution is -1.78. The number of aromatic amines is 1. The number of nitrogens with zero attached hydrogens (tertiary/aromatic N) is 2. The van der Waals surface area contributed by atoms with Gasteiger partial charge in [-0.2, -0.15) is 0 Å². The second-order valence-corrected chi connectivity index (χ2v) is 3.37. The highest BCUT2D eigenvalue weighted by Crippen LogP contribution is 2.13. The average molecular weight is 259 g/mol. The third-order valence-corrected chi connectivity index (χ3v) is 2.07. The van der Waals surface area contributed by atoms with Crippen LogP contribution in [0.25, 0.3) is 11.2 Å². The van der Waals surface area contributed by atoms with E-state index in [9.17, 15) is 0 Å². The lowest BCUT2D eigenvalue weighted by molar-refractivity contribution is 1.24. The van der Waals surface area contributed by atoms with Crippen molar-refractivity contribution in [3.05, 3.63) is 21.7 Å². The summed E-state index contributed by atoms with van der Waals surface area (Å²) in [6, 6.07) is 1.96. The Morgan fingerprint density at radius 1 is 1.55 bits per heavy atom. The molecular formula is C7H6IN3. The van der Waals surface area contributed by atoms with Crippen LogP contribution in [0.4, 0.5) is 0 Å². The fraction of sp³-hybridized carbons (Fsp3) is 0.143. The molecule has 0 spiro atoms. The van der Waals surface area contributed by atoms with Crippen LogP contribution in [-0.2, 0) is 0 Å². The number of aryl methyl sites for hydroxylation is 1. The molecule has 0 atom stereocenters. The quantitative estimate of drug-likeness (QED) is 0.734. The summed E-state index contributed by atoms with van der Waals surface area (Å²) in [6.45, 7) is 2.03. The zero-order chi connectivity index (χ0) is 7.84. The van der Waals surface area contributed by atoms with Gasteiger partial charge in [-0.05, 0) is 41.1 Å². The van der Waals surface area contributed by atoms with Crippen molar-refractivity contribution in [1.82, 2.24) is 15.0 Å². The maximum absolute atomic E-state index is 4.28. The summed E-state index contributed by atoms with van der Waals surface area (Å²) in [7, 11) is 0. The van der Waals surface area contributed by atoms with Gasteiger partial charge < -0.3 is 4.98 Å². The second kappa shape index (κ2) is 2.44. The largest absolute Gasteiger partial charge is 0.318 e. The molecule has 2 aromatic heterocycles. The van der Waals surface area contributed by atoms with Gasteiger partial charge in [0.15, 0.2) is 9.48 Å². The first kappa shape index (κ1) is 7.02. The molecule has 0 aliphatic heterocycles. The van der Waals surface area contributed by atoms with Gasteiger partial charge in [-0.25, -0.2) is 9.97 Å². The summed E-state index contributed by atoms with van der Waals surface area (Å²) in [6.07, 6.45) is 1.78. The summed E-state index contributed by atoms with van der Waals surface area (Å²) in [4.78, 5) is 11.5. The molecular weight excluding hydrogens is 253 g/mol. The predicted molar refractivity (Wildman–Crippen MR) is 51.3 cm³/mol. The molecule has 0 saturated heterocycles. The van der Waals surface area contributed by atoms with Crippen molar-refractivity contribution in [3.63, 3.8) is 0 Å². The maximum Gasteiger partial charge on any atom is 0.170 e. The van der Waals surface area contributed by atoms with E-state index in [0.29, 0.717) is 0 Å². The summed E-state index contributed by atoms with van der Waals surface area (Å²) in [5, 5.41) is 0. The Labute approximate surface area is 77.4 Å². The first-order chi connectivity index (χ1) is 5.27. The Morgan fingerprint density at radius 2 is 2.36 bits per heavy atom. The molecule has 0 unspecified atom stereocenters. The first-order valence-electron chi connectivity index (χ1n) is 3.24. The topological polar surface area (TPSA) is 41.6 Å². The third kappa shape index (κ3) is 1.11. The van der Waals surface area contributed by atoms with Gasteiger partial charge in [-0.15, -0.1) is 0 Å². The number of hydrogen-bond acceptors (Lipinski definition) is 2. The molecule has 4 heteroatoms. The van der Waals surface area contributed by atoms with Crippen LogP contribution in [-0.4, -0.2) is 15.0 Å². The van der Waals surface area contributed by atoms with Crippen LogP contribution < -0.4 is 0 Å². The lowest BCUT2D eigenvalue weighted by atomic mass is 10.3. The molecule has 0 saturated carbocycles. The number of nitrogens with one attached hydrogen (secondary N) is 1. The fourth-order valence-electron chi connectivity index (χ4n) is 1.01. The molecule has 0 aliphatic rings. The first-order valence-corrected chi connectivity index (χ1v) is 4.32. The number of aromatic nitrogens is 3. The third-order valence-electron chi connectivity index (χ3n) is 1.56. The van der Waals surface area contributed by atoms with Crippen LogP contribution in [0.5, 0.6) is 0 Å². The summed E-state index contributed by atoms with van der Waals surface area (Å²) in [5.41, 5.74) is 3.00. The number of fused-ring (bicyclic) bond motifs is 1. The zero-order valence-electron chi connectivity index (χ0n) is 5.93. The molecule has 0 fully saturated rings. The number of imidazole rings is 1. The Kier molecular flexibility index (Phi) is 1.56. The maximum atomic E-state index is 4.28. The van der Waals surface area contributed by atoms with Crippen LogP contribution in [0, 0.1) is 10.8 Å². The van der Waals surface area contributed by atoms with Crippen molar-refractivity contribution in [2.45, 2.75) is 6.92 Å². The van der Waals surface area contributed by atoms with Crippen molar-refractivity contribution in [3.8, 4) is 0 Å². The van der Waals surface area contributed by atoms with Crippen molar-refractivity contribution in [1.29, 1.82) is 0 Å². The Bertz CT molecular complexity index is 393. The SMILES string of the molecule is Cc1ccnc2[nH]c(I)nc12. The van der Waals surface area contributed by atoms with E-state index in [1.807, 2.05) is 13.0 Å². The molecule has 0 aromatic carbocycles. The van der Waals surface area contributed by atoms with E-state index in [-0.39, 0.29) is 0 Å². The number of H-pyrrole nitrogens is 1. The van der Waals surface area contributed by atoms with Crippen molar-refractivity contribution in [2.75, 3.05) is 0 Å². The summed E-state index contributed by atoms with van der Waals surface area (Å²) in [5.74, 6) is 0. The molecule has 2 rings (SSSR count). The molecule has 0 aliphatic carbocycles. The minimum absolute atomic E-state index is 0.870. The van der Waals surface area contributed by atoms with Crippen molar-refractivity contribution < 1.29 is 0 Å². The van der Waals surface area contributed by atoms with Gasteiger partial charge >= 0.3 is 0 Å². The van der Waals surface area contributed by atoms with Gasteiger partial charge in [0.05, 0.1) is 0 Å². The van der Waals surface area contributed by atoms with Gasteiger partial charge in [0.1, 0.15) is 5.52 Å². The van der Waals surface area contributed by atoms with E-state index in [0.717, 1.165) is 20.6 Å². The highest BCUT2D eigenvalue weighted by Gasteiger charge is 2.01. The highest BCUT2D eigenvalue weighted by atomic mass is 127. The van der Waals surface area contributed by atoms with Gasteiger partial charge in [0, 0.05) is 6.20 Å². The number of hydrogen-bond donors (Lipinski definition) is 1. The molecule has 3 nitrogen and oxygen atoms in total. The van der Waals surface area contributed by atoms with Crippen LogP contribution in [0.15, 0.2) is 12.3 Å². The van der Waals surface area contributed by atoms with Crippen molar-refractivity contribution in [2.24, 2.45) is 0 Å². The molecule has 0 bridgehead atoms. The summed E-state index contributed by atoms with van der Waals surface area (Å²) >= 11 is 2.14. The van der Waals surface area contributed by atoms with E-state index < -0.39 is 0 Å². The minimum Gasteiger partial charge on any atom is -0.318 e. The normalized spacial score (nSPS) is 10.7. The zero-order valence-corrected chi connectivity index (χ0v) is 8.08. The van der Waals surface area contributed by atoms with Crippen molar-refractivity contribution >= 4 is 33.8 Å². The highest BCUT2D eigenvalue weighted by molar-refractivity contribution is 14.1. The molecule has 0 amide bonds. The monoisotopic (exact) mass is 259 g/mol. The predicted octanol–water partition coefficient (Wildman–Crippen LogP) is 1.87. The van der Waals surface area contributed by atoms with Gasteiger partial charge in [0.2, 0.25) is 0 Å². The Balaban J connectivity index is 2.90. The van der Waals surface area contributed by atoms with Crippen LogP contribution in [0.2, 0.25) is 0 Å². The van der Waals surface area contributed by atoms with E-state index >= 15 is 0 Å². The average Bonchev–Trinajstić information content (AvgIpc) is 2.31. The summed E-state index contributed by atoms with van der Waals surface area (Å²) < 4.78 is 0.888. The van der Waals surface area contributed by atoms with Crippen LogP contribution in [0.3, 0.4) is 0 Å². The smallest absolute Gasteiger partial charge is 0.170 e. The minimum atomic E-state index is 0.870. The van der Waals surface area contributed by atoms with E-state index in [2.05, 4.69) is 37.5 Å². The number of halogens is 1. The molecule has 0 radical (unpaired) electrons. The van der Waals surface area contributed by atoms with E-state index in [4.69, 9.17) is 0 Å². The van der Waals surface area contributed by atoms with Gasteiger partial charge in [-0.1, -0.05) is 0 Å². The van der Waals surface area contributed by atoms with Gasteiger partial charge in [0.25, 0.3) is 0 Å². The van der Waals surface area contributed by atoms with Gasteiger partial charge in [-0.3, -0.25) is 0 Å².